The van der Waals surface area contributed by atoms with E-state index in [0.29, 0.717) is 11.4 Å². The van der Waals surface area contributed by atoms with Crippen LogP contribution in [0.15, 0.2) is 36.0 Å². The number of anilines is 1. The lowest BCUT2D eigenvalue weighted by molar-refractivity contribution is -0.0350. The Hall–Kier alpha value is -2.13. The van der Waals surface area contributed by atoms with E-state index in [9.17, 15) is 9.50 Å². The average Bonchev–Trinajstić information content (AvgIpc) is 3.31. The van der Waals surface area contributed by atoms with Gasteiger partial charge in [0.25, 0.3) is 0 Å². The minimum absolute atomic E-state index is 0.123. The van der Waals surface area contributed by atoms with E-state index in [2.05, 4.69) is 9.97 Å². The van der Waals surface area contributed by atoms with Gasteiger partial charge in [-0.15, -0.1) is 11.3 Å². The van der Waals surface area contributed by atoms with E-state index in [1.54, 1.807) is 23.5 Å². The van der Waals surface area contributed by atoms with Gasteiger partial charge in [0.2, 0.25) is 0 Å². The molecule has 1 fully saturated rings. The van der Waals surface area contributed by atoms with E-state index in [1.165, 1.54) is 18.5 Å². The molecule has 26 heavy (non-hydrogen) atoms. The molecular formula is C18H20FN3O3S. The van der Waals surface area contributed by atoms with Gasteiger partial charge in [0.1, 0.15) is 24.1 Å². The number of benzene rings is 1. The number of nitrogens with zero attached hydrogens (tertiary/aromatic N) is 2. The van der Waals surface area contributed by atoms with E-state index < -0.39 is 6.10 Å². The van der Waals surface area contributed by atoms with Gasteiger partial charge in [-0.25, -0.2) is 14.4 Å². The Labute approximate surface area is 154 Å². The van der Waals surface area contributed by atoms with Crippen molar-refractivity contribution < 1.29 is 19.3 Å². The summed E-state index contributed by atoms with van der Waals surface area (Å²) in [5.41, 5.74) is 7.35. The molecule has 0 radical (unpaired) electrons. The van der Waals surface area contributed by atoms with Crippen molar-refractivity contribution in [1.82, 2.24) is 9.97 Å². The third-order valence-corrected chi connectivity index (χ3v) is 5.42. The summed E-state index contributed by atoms with van der Waals surface area (Å²) in [4.78, 5) is 9.33. The van der Waals surface area contributed by atoms with Crippen molar-refractivity contribution in [3.05, 3.63) is 52.2 Å². The molecule has 1 aliphatic heterocycles. The summed E-state index contributed by atoms with van der Waals surface area (Å²) in [6.07, 6.45) is 1.75. The smallest absolute Gasteiger partial charge is 0.135 e. The first kappa shape index (κ1) is 18.7. The number of aliphatic hydroxyl groups excluding tert-OH is 2. The second-order valence-corrected chi connectivity index (χ2v) is 6.77. The standard InChI is InChI=1S/C17H16FN3O2S.CH4O/c18-10-3-1-9(2-4-10)15(22)12-5-6-13(23-12)16-14-11(7-24-16)17(19)21-8-20-14;1-2/h1-4,7-8,12-13,15,22H,5-6H2,(H2,19,20,21);2H,1H3. The molecule has 1 aromatic carbocycles. The zero-order chi connectivity index (χ0) is 18.7. The third-order valence-electron chi connectivity index (χ3n) is 4.36. The van der Waals surface area contributed by atoms with Gasteiger partial charge in [-0.2, -0.15) is 0 Å². The summed E-state index contributed by atoms with van der Waals surface area (Å²) in [5.74, 6) is 0.141. The fourth-order valence-electron chi connectivity index (χ4n) is 3.09. The molecule has 0 bridgehead atoms. The Kier molecular flexibility index (Phi) is 5.77. The van der Waals surface area contributed by atoms with Crippen LogP contribution in [-0.4, -0.2) is 33.4 Å². The maximum absolute atomic E-state index is 13.0. The minimum atomic E-state index is -0.776. The molecule has 8 heteroatoms. The summed E-state index contributed by atoms with van der Waals surface area (Å²) in [6.45, 7) is 0. The van der Waals surface area contributed by atoms with Crippen molar-refractivity contribution in [2.75, 3.05) is 12.8 Å². The predicted octanol–water partition coefficient (Wildman–Crippen LogP) is 2.97. The highest BCUT2D eigenvalue weighted by Crippen LogP contribution is 2.42. The number of ether oxygens (including phenoxy) is 1. The zero-order valence-corrected chi connectivity index (χ0v) is 15.0. The highest BCUT2D eigenvalue weighted by molar-refractivity contribution is 7.11. The zero-order valence-electron chi connectivity index (χ0n) is 14.2. The number of fused-ring (bicyclic) bond motifs is 1. The van der Waals surface area contributed by atoms with E-state index in [-0.39, 0.29) is 18.0 Å². The Morgan fingerprint density at radius 3 is 2.69 bits per heavy atom. The Balaban J connectivity index is 0.000000948. The molecule has 3 aromatic rings. The number of aromatic nitrogens is 2. The highest BCUT2D eigenvalue weighted by atomic mass is 32.1. The van der Waals surface area contributed by atoms with E-state index >= 15 is 0 Å². The summed E-state index contributed by atoms with van der Waals surface area (Å²) >= 11 is 1.55. The molecule has 1 aliphatic rings. The van der Waals surface area contributed by atoms with Gasteiger partial charge in [0.05, 0.1) is 28.0 Å². The van der Waals surface area contributed by atoms with E-state index in [0.717, 1.165) is 35.7 Å². The summed E-state index contributed by atoms with van der Waals surface area (Å²) in [7, 11) is 1.00. The second-order valence-electron chi connectivity index (χ2n) is 5.86. The number of aliphatic hydroxyl groups is 2. The van der Waals surface area contributed by atoms with Gasteiger partial charge in [0, 0.05) is 12.5 Å². The van der Waals surface area contributed by atoms with Crippen LogP contribution in [0.1, 0.15) is 35.5 Å². The molecule has 3 atom stereocenters. The average molecular weight is 377 g/mol. The van der Waals surface area contributed by atoms with Crippen molar-refractivity contribution in [2.45, 2.75) is 31.2 Å². The molecule has 0 amide bonds. The maximum Gasteiger partial charge on any atom is 0.135 e. The predicted molar refractivity (Wildman–Crippen MR) is 98.2 cm³/mol. The summed E-state index contributed by atoms with van der Waals surface area (Å²) in [5, 5.41) is 20.3. The number of rotatable bonds is 3. The van der Waals surface area contributed by atoms with Crippen LogP contribution >= 0.6 is 11.3 Å². The molecule has 1 saturated heterocycles. The Morgan fingerprint density at radius 1 is 1.23 bits per heavy atom. The van der Waals surface area contributed by atoms with Crippen molar-refractivity contribution in [3.8, 4) is 0 Å². The van der Waals surface area contributed by atoms with Crippen LogP contribution in [0.3, 0.4) is 0 Å². The maximum atomic E-state index is 13.0. The lowest BCUT2D eigenvalue weighted by Crippen LogP contribution is -2.17. The van der Waals surface area contributed by atoms with E-state index in [1.807, 2.05) is 5.38 Å². The first-order valence-corrected chi connectivity index (χ1v) is 9.02. The molecule has 6 nitrogen and oxygen atoms in total. The summed E-state index contributed by atoms with van der Waals surface area (Å²) in [6, 6.07) is 5.87. The van der Waals surface area contributed by atoms with Crippen LogP contribution in [0.5, 0.6) is 0 Å². The van der Waals surface area contributed by atoms with Crippen LogP contribution in [0.2, 0.25) is 0 Å². The van der Waals surface area contributed by atoms with Crippen LogP contribution in [0.25, 0.3) is 10.9 Å². The number of nitrogens with two attached hydrogens (primary N) is 1. The van der Waals surface area contributed by atoms with Crippen molar-refractivity contribution >= 4 is 28.1 Å². The van der Waals surface area contributed by atoms with Crippen LogP contribution in [0.4, 0.5) is 10.2 Å². The fourth-order valence-corrected chi connectivity index (χ4v) is 4.17. The molecular weight excluding hydrogens is 357 g/mol. The SMILES string of the molecule is CO.Nc1ncnc2c(C3CCC(C(O)c4ccc(F)cc4)O3)scc12. The summed E-state index contributed by atoms with van der Waals surface area (Å²) < 4.78 is 19.1. The molecule has 4 N–H and O–H groups in total. The van der Waals surface area contributed by atoms with Gasteiger partial charge >= 0.3 is 0 Å². The second kappa shape index (κ2) is 8.05. The molecule has 0 aliphatic carbocycles. The molecule has 138 valence electrons. The minimum Gasteiger partial charge on any atom is -0.400 e. The molecule has 0 spiro atoms. The third kappa shape index (κ3) is 3.54. The molecule has 3 heterocycles. The van der Waals surface area contributed by atoms with Gasteiger partial charge in [-0.3, -0.25) is 0 Å². The number of halogens is 1. The van der Waals surface area contributed by atoms with Gasteiger partial charge < -0.3 is 20.7 Å². The number of thiophene rings is 1. The molecule has 2 aromatic heterocycles. The first-order chi connectivity index (χ1) is 12.6. The Morgan fingerprint density at radius 2 is 1.96 bits per heavy atom. The topological polar surface area (TPSA) is 101 Å². The van der Waals surface area contributed by atoms with Crippen LogP contribution < -0.4 is 5.73 Å². The fraction of sp³-hybridized carbons (Fsp3) is 0.333. The van der Waals surface area contributed by atoms with Gasteiger partial charge in [0.15, 0.2) is 0 Å². The lowest BCUT2D eigenvalue weighted by atomic mass is 10.0. The number of hydrogen-bond donors (Lipinski definition) is 3. The van der Waals surface area contributed by atoms with E-state index in [4.69, 9.17) is 15.6 Å². The molecule has 3 unspecified atom stereocenters. The van der Waals surface area contributed by atoms with Gasteiger partial charge in [-0.05, 0) is 30.5 Å². The molecule has 0 saturated carbocycles. The Bertz CT molecular complexity index is 872. The first-order valence-electron chi connectivity index (χ1n) is 8.15. The number of hydrogen-bond acceptors (Lipinski definition) is 7. The normalized spacial score (nSPS) is 20.6. The van der Waals surface area contributed by atoms with Crippen molar-refractivity contribution in [1.29, 1.82) is 0 Å². The quantitative estimate of drug-likeness (QED) is 0.649. The van der Waals surface area contributed by atoms with Gasteiger partial charge in [-0.1, -0.05) is 12.1 Å². The van der Waals surface area contributed by atoms with Crippen LogP contribution in [-0.2, 0) is 4.74 Å². The largest absolute Gasteiger partial charge is 0.400 e. The highest BCUT2D eigenvalue weighted by Gasteiger charge is 2.34. The monoisotopic (exact) mass is 377 g/mol. The van der Waals surface area contributed by atoms with Crippen LogP contribution in [0, 0.1) is 5.82 Å². The van der Waals surface area contributed by atoms with Crippen molar-refractivity contribution in [2.24, 2.45) is 0 Å². The van der Waals surface area contributed by atoms with Crippen molar-refractivity contribution in [3.63, 3.8) is 0 Å². The lowest BCUT2D eigenvalue weighted by Gasteiger charge is -2.19. The molecule has 4 rings (SSSR count). The number of nitrogen functional groups attached to an aromatic ring is 1.